The molecule has 1 aromatic carbocycles. The van der Waals surface area contributed by atoms with Crippen molar-refractivity contribution in [2.45, 2.75) is 19.4 Å². The Balaban J connectivity index is 1.51. The quantitative estimate of drug-likeness (QED) is 0.848. The molecule has 0 unspecified atom stereocenters. The van der Waals surface area contributed by atoms with Gasteiger partial charge in [0.2, 0.25) is 5.91 Å². The summed E-state index contributed by atoms with van der Waals surface area (Å²) in [6.45, 7) is 5.83. The lowest BCUT2D eigenvalue weighted by Gasteiger charge is -2.37. The molecule has 2 aliphatic rings. The number of hydrogen-bond donors (Lipinski definition) is 0. The largest absolute Gasteiger partial charge is 0.496 e. The summed E-state index contributed by atoms with van der Waals surface area (Å²) < 4.78 is 10.8. The van der Waals surface area contributed by atoms with Crippen LogP contribution in [0.4, 0.5) is 0 Å². The van der Waals surface area contributed by atoms with E-state index in [0.29, 0.717) is 5.91 Å². The minimum absolute atomic E-state index is 0.171. The van der Waals surface area contributed by atoms with Crippen molar-refractivity contribution in [2.24, 2.45) is 5.92 Å². The van der Waals surface area contributed by atoms with Gasteiger partial charge in [0.15, 0.2) is 0 Å². The molecule has 2 aliphatic heterocycles. The standard InChI is InChI=1S/C18H26N2O3/c1-22-17-5-3-2-4-16(17)14-19-8-10-20(11-9-19)18(21)15-6-12-23-13-7-15/h2-5,15H,6-14H2,1H3. The van der Waals surface area contributed by atoms with Crippen molar-refractivity contribution in [1.29, 1.82) is 0 Å². The van der Waals surface area contributed by atoms with Gasteiger partial charge in [0.05, 0.1) is 7.11 Å². The summed E-state index contributed by atoms with van der Waals surface area (Å²) in [6, 6.07) is 8.15. The first-order chi connectivity index (χ1) is 11.3. The Kier molecular flexibility index (Phi) is 5.51. The second-order valence-electron chi connectivity index (χ2n) is 6.30. The van der Waals surface area contributed by atoms with Crippen LogP contribution in [-0.2, 0) is 16.1 Å². The lowest BCUT2D eigenvalue weighted by molar-refractivity contribution is -0.140. The summed E-state index contributed by atoms with van der Waals surface area (Å²) in [6.07, 6.45) is 1.75. The molecule has 0 radical (unpaired) electrons. The van der Waals surface area contributed by atoms with Gasteiger partial charge in [0.25, 0.3) is 0 Å². The van der Waals surface area contributed by atoms with E-state index in [-0.39, 0.29) is 5.92 Å². The molecule has 0 atom stereocenters. The van der Waals surface area contributed by atoms with E-state index in [9.17, 15) is 4.79 Å². The number of ether oxygens (including phenoxy) is 2. The van der Waals surface area contributed by atoms with Gasteiger partial charge in [-0.2, -0.15) is 0 Å². The summed E-state index contributed by atoms with van der Waals surface area (Å²) in [5.74, 6) is 1.43. The molecule has 3 rings (SSSR count). The van der Waals surface area contributed by atoms with E-state index >= 15 is 0 Å². The fourth-order valence-electron chi connectivity index (χ4n) is 3.40. The summed E-state index contributed by atoms with van der Waals surface area (Å²) >= 11 is 0. The minimum atomic E-state index is 0.171. The number of hydrogen-bond acceptors (Lipinski definition) is 4. The molecule has 0 bridgehead atoms. The lowest BCUT2D eigenvalue weighted by Crippen LogP contribution is -2.50. The molecule has 5 nitrogen and oxygen atoms in total. The first kappa shape index (κ1) is 16.3. The number of piperazine rings is 1. The lowest BCUT2D eigenvalue weighted by atomic mass is 9.98. The Morgan fingerprint density at radius 2 is 1.87 bits per heavy atom. The molecule has 2 saturated heterocycles. The van der Waals surface area contributed by atoms with Crippen molar-refractivity contribution in [3.8, 4) is 5.75 Å². The van der Waals surface area contributed by atoms with Crippen molar-refractivity contribution >= 4 is 5.91 Å². The molecule has 2 fully saturated rings. The van der Waals surface area contributed by atoms with Crippen LogP contribution in [0.1, 0.15) is 18.4 Å². The maximum Gasteiger partial charge on any atom is 0.225 e. The number of nitrogens with zero attached hydrogens (tertiary/aromatic N) is 2. The van der Waals surface area contributed by atoms with Gasteiger partial charge in [-0.15, -0.1) is 0 Å². The third kappa shape index (κ3) is 4.03. The van der Waals surface area contributed by atoms with E-state index in [1.807, 2.05) is 23.1 Å². The third-order valence-corrected chi connectivity index (χ3v) is 4.84. The number of carbonyl (C=O) groups excluding carboxylic acids is 1. The first-order valence-corrected chi connectivity index (χ1v) is 8.48. The van der Waals surface area contributed by atoms with E-state index in [2.05, 4.69) is 11.0 Å². The predicted molar refractivity (Wildman–Crippen MR) is 88.4 cm³/mol. The van der Waals surface area contributed by atoms with Crippen LogP contribution in [0.15, 0.2) is 24.3 Å². The number of benzene rings is 1. The van der Waals surface area contributed by atoms with E-state index in [4.69, 9.17) is 9.47 Å². The molecular weight excluding hydrogens is 292 g/mol. The number of para-hydroxylation sites is 1. The number of methoxy groups -OCH3 is 1. The van der Waals surface area contributed by atoms with Crippen molar-refractivity contribution < 1.29 is 14.3 Å². The summed E-state index contributed by atoms with van der Waals surface area (Å²) in [5.41, 5.74) is 1.21. The molecule has 0 saturated carbocycles. The second-order valence-corrected chi connectivity index (χ2v) is 6.30. The Bertz CT molecular complexity index is 521. The van der Waals surface area contributed by atoms with Crippen molar-refractivity contribution in [2.75, 3.05) is 46.5 Å². The maximum absolute atomic E-state index is 12.6. The molecule has 1 aromatic rings. The van der Waals surface area contributed by atoms with Crippen LogP contribution < -0.4 is 4.74 Å². The molecule has 0 N–H and O–H groups in total. The fraction of sp³-hybridized carbons (Fsp3) is 0.611. The highest BCUT2D eigenvalue weighted by atomic mass is 16.5. The summed E-state index contributed by atoms with van der Waals surface area (Å²) in [7, 11) is 1.71. The van der Waals surface area contributed by atoms with E-state index in [1.54, 1.807) is 7.11 Å². The van der Waals surface area contributed by atoms with Crippen molar-refractivity contribution in [3.05, 3.63) is 29.8 Å². The zero-order valence-electron chi connectivity index (χ0n) is 13.9. The number of rotatable bonds is 4. The first-order valence-electron chi connectivity index (χ1n) is 8.48. The zero-order valence-corrected chi connectivity index (χ0v) is 13.9. The van der Waals surface area contributed by atoms with Gasteiger partial charge in [-0.3, -0.25) is 9.69 Å². The molecule has 0 aromatic heterocycles. The van der Waals surface area contributed by atoms with Crippen molar-refractivity contribution in [3.63, 3.8) is 0 Å². The SMILES string of the molecule is COc1ccccc1CN1CCN(C(=O)C2CCOCC2)CC1. The molecular formula is C18H26N2O3. The van der Waals surface area contributed by atoms with E-state index in [1.165, 1.54) is 5.56 Å². The van der Waals surface area contributed by atoms with Crippen molar-refractivity contribution in [1.82, 2.24) is 9.80 Å². The van der Waals surface area contributed by atoms with Gasteiger partial charge in [-0.05, 0) is 18.9 Å². The van der Waals surface area contributed by atoms with Crippen LogP contribution in [-0.4, -0.2) is 62.2 Å². The minimum Gasteiger partial charge on any atom is -0.496 e. The highest BCUT2D eigenvalue weighted by molar-refractivity contribution is 5.79. The Morgan fingerprint density at radius 1 is 1.17 bits per heavy atom. The van der Waals surface area contributed by atoms with Gasteiger partial charge in [0.1, 0.15) is 5.75 Å². The van der Waals surface area contributed by atoms with Gasteiger partial charge in [-0.1, -0.05) is 18.2 Å². The van der Waals surface area contributed by atoms with Gasteiger partial charge >= 0.3 is 0 Å². The second kappa shape index (κ2) is 7.79. The highest BCUT2D eigenvalue weighted by Crippen LogP contribution is 2.21. The molecule has 0 aliphatic carbocycles. The number of amides is 1. The zero-order chi connectivity index (χ0) is 16.1. The Morgan fingerprint density at radius 3 is 2.57 bits per heavy atom. The fourth-order valence-corrected chi connectivity index (χ4v) is 3.40. The van der Waals surface area contributed by atoms with Crippen LogP contribution in [0.2, 0.25) is 0 Å². The van der Waals surface area contributed by atoms with Crippen LogP contribution >= 0.6 is 0 Å². The third-order valence-electron chi connectivity index (χ3n) is 4.84. The summed E-state index contributed by atoms with van der Waals surface area (Å²) in [4.78, 5) is 17.0. The normalized spacial score (nSPS) is 20.5. The molecule has 5 heteroatoms. The Hall–Kier alpha value is -1.59. The monoisotopic (exact) mass is 318 g/mol. The van der Waals surface area contributed by atoms with E-state index in [0.717, 1.165) is 64.5 Å². The van der Waals surface area contributed by atoms with Gasteiger partial charge in [-0.25, -0.2) is 0 Å². The maximum atomic E-state index is 12.6. The Labute approximate surface area is 138 Å². The van der Waals surface area contributed by atoms with Crippen LogP contribution in [0.3, 0.4) is 0 Å². The molecule has 1 amide bonds. The summed E-state index contributed by atoms with van der Waals surface area (Å²) in [5, 5.41) is 0. The van der Waals surface area contributed by atoms with Crippen LogP contribution in [0, 0.1) is 5.92 Å². The average Bonchev–Trinajstić information content (AvgIpc) is 2.63. The molecule has 126 valence electrons. The van der Waals surface area contributed by atoms with Crippen LogP contribution in [0.25, 0.3) is 0 Å². The highest BCUT2D eigenvalue weighted by Gasteiger charge is 2.28. The molecule has 23 heavy (non-hydrogen) atoms. The van der Waals surface area contributed by atoms with Gasteiger partial charge in [0, 0.05) is 57.4 Å². The van der Waals surface area contributed by atoms with Crippen LogP contribution in [0.5, 0.6) is 5.75 Å². The predicted octanol–water partition coefficient (Wildman–Crippen LogP) is 1.77. The number of carbonyl (C=O) groups is 1. The average molecular weight is 318 g/mol. The molecule has 0 spiro atoms. The van der Waals surface area contributed by atoms with Gasteiger partial charge < -0.3 is 14.4 Å². The smallest absolute Gasteiger partial charge is 0.225 e. The topological polar surface area (TPSA) is 42.0 Å². The molecule has 2 heterocycles. The van der Waals surface area contributed by atoms with E-state index < -0.39 is 0 Å².